The van der Waals surface area contributed by atoms with Crippen molar-refractivity contribution >= 4 is 50.9 Å². The van der Waals surface area contributed by atoms with Gasteiger partial charge in [0, 0.05) is 31.2 Å². The summed E-state index contributed by atoms with van der Waals surface area (Å²) in [6, 6.07) is 6.02. The topological polar surface area (TPSA) is 83.5 Å². The molecule has 0 aliphatic carbocycles. The number of benzene rings is 1. The first-order valence-corrected chi connectivity index (χ1v) is 11.4. The molecule has 3 rings (SSSR count). The number of sulfonamides is 1. The zero-order valence-electron chi connectivity index (χ0n) is 14.3. The number of rotatable bonds is 4. The lowest BCUT2D eigenvalue weighted by Crippen LogP contribution is -2.50. The summed E-state index contributed by atoms with van der Waals surface area (Å²) >= 11 is 13.2. The van der Waals surface area contributed by atoms with E-state index < -0.39 is 10.0 Å². The van der Waals surface area contributed by atoms with Crippen molar-refractivity contribution < 1.29 is 13.2 Å². The van der Waals surface area contributed by atoms with Crippen LogP contribution in [0.25, 0.3) is 0 Å². The van der Waals surface area contributed by atoms with Crippen LogP contribution >= 0.6 is 35.0 Å². The molecule has 0 saturated carbocycles. The van der Waals surface area contributed by atoms with Gasteiger partial charge in [0.2, 0.25) is 10.0 Å². The maximum atomic E-state index is 12.7. The van der Waals surface area contributed by atoms with Gasteiger partial charge >= 0.3 is 0 Å². The summed E-state index contributed by atoms with van der Waals surface area (Å²) < 4.78 is 26.8. The van der Waals surface area contributed by atoms with E-state index in [0.29, 0.717) is 10.2 Å². The van der Waals surface area contributed by atoms with Crippen LogP contribution in [0.3, 0.4) is 0 Å². The Kier molecular flexibility index (Phi) is 6.27. The molecule has 27 heavy (non-hydrogen) atoms. The van der Waals surface area contributed by atoms with Crippen LogP contribution in [0.2, 0.25) is 10.0 Å². The zero-order valence-corrected chi connectivity index (χ0v) is 17.4. The molecule has 1 saturated heterocycles. The van der Waals surface area contributed by atoms with Gasteiger partial charge in [0.1, 0.15) is 0 Å². The standard InChI is InChI=1S/C16H16Cl2N4O3S2/c1-26-16-19-10-13(18)14(20-16)15(23)21-6-8-22(9-7-21)27(24,25)12-4-2-11(17)3-5-12/h2-5,10H,6-9H2,1H3. The third kappa shape index (κ3) is 4.38. The summed E-state index contributed by atoms with van der Waals surface area (Å²) in [7, 11) is -3.63. The number of hydrogen-bond donors (Lipinski definition) is 0. The second kappa shape index (κ2) is 8.32. The van der Waals surface area contributed by atoms with Crippen LogP contribution < -0.4 is 0 Å². The summed E-state index contributed by atoms with van der Waals surface area (Å²) in [5, 5.41) is 1.09. The van der Waals surface area contributed by atoms with Gasteiger partial charge in [-0.25, -0.2) is 18.4 Å². The first-order valence-electron chi connectivity index (χ1n) is 7.94. The lowest BCUT2D eigenvalue weighted by atomic mass is 10.3. The molecule has 1 aliphatic heterocycles. The van der Waals surface area contributed by atoms with E-state index >= 15 is 0 Å². The predicted molar refractivity (Wildman–Crippen MR) is 105 cm³/mol. The fourth-order valence-electron chi connectivity index (χ4n) is 2.64. The molecule has 1 aliphatic rings. The van der Waals surface area contributed by atoms with Gasteiger partial charge in [-0.05, 0) is 30.5 Å². The molecule has 0 atom stereocenters. The summed E-state index contributed by atoms with van der Waals surface area (Å²) in [5.74, 6) is -0.332. The fraction of sp³-hybridized carbons (Fsp3) is 0.312. The van der Waals surface area contributed by atoms with Crippen molar-refractivity contribution in [1.82, 2.24) is 19.2 Å². The molecule has 0 radical (unpaired) electrons. The van der Waals surface area contributed by atoms with Crippen LogP contribution in [0.5, 0.6) is 0 Å². The second-order valence-electron chi connectivity index (χ2n) is 5.70. The molecule has 7 nitrogen and oxygen atoms in total. The number of thioether (sulfide) groups is 1. The number of carbonyl (C=O) groups excluding carboxylic acids is 1. The van der Waals surface area contributed by atoms with Gasteiger partial charge in [-0.15, -0.1) is 0 Å². The Morgan fingerprint density at radius 3 is 2.33 bits per heavy atom. The van der Waals surface area contributed by atoms with E-state index in [0.717, 1.165) is 0 Å². The third-order valence-corrected chi connectivity index (χ3v) is 7.09. The largest absolute Gasteiger partial charge is 0.335 e. The van der Waals surface area contributed by atoms with Crippen LogP contribution in [0, 0.1) is 0 Å². The molecule has 0 bridgehead atoms. The van der Waals surface area contributed by atoms with Crippen molar-refractivity contribution in [3.05, 3.63) is 46.2 Å². The second-order valence-corrected chi connectivity index (χ2v) is 9.26. The number of aromatic nitrogens is 2. The van der Waals surface area contributed by atoms with Gasteiger partial charge in [0.05, 0.1) is 16.1 Å². The number of carbonyl (C=O) groups is 1. The summed E-state index contributed by atoms with van der Waals surface area (Å²) in [6.07, 6.45) is 3.20. The van der Waals surface area contributed by atoms with E-state index in [4.69, 9.17) is 23.2 Å². The van der Waals surface area contributed by atoms with Crippen molar-refractivity contribution in [3.8, 4) is 0 Å². The van der Waals surface area contributed by atoms with E-state index in [-0.39, 0.29) is 47.7 Å². The Morgan fingerprint density at radius 1 is 1.11 bits per heavy atom. The Labute approximate surface area is 171 Å². The molecule has 1 fully saturated rings. The molecule has 144 valence electrons. The lowest BCUT2D eigenvalue weighted by molar-refractivity contribution is 0.0691. The van der Waals surface area contributed by atoms with Crippen molar-refractivity contribution in [2.45, 2.75) is 10.1 Å². The van der Waals surface area contributed by atoms with Crippen LogP contribution in [0.1, 0.15) is 10.5 Å². The van der Waals surface area contributed by atoms with Gasteiger partial charge in [-0.2, -0.15) is 4.31 Å². The minimum atomic E-state index is -3.63. The quantitative estimate of drug-likeness (QED) is 0.530. The first kappa shape index (κ1) is 20.3. The highest BCUT2D eigenvalue weighted by atomic mass is 35.5. The smallest absolute Gasteiger partial charge is 0.274 e. The Bertz CT molecular complexity index is 947. The monoisotopic (exact) mass is 446 g/mol. The maximum absolute atomic E-state index is 12.7. The average Bonchev–Trinajstić information content (AvgIpc) is 2.68. The molecule has 1 aromatic heterocycles. The number of nitrogens with zero attached hydrogens (tertiary/aromatic N) is 4. The number of piperazine rings is 1. The third-order valence-electron chi connectivity index (χ3n) is 4.08. The van der Waals surface area contributed by atoms with Crippen LogP contribution in [-0.4, -0.2) is 65.9 Å². The molecule has 1 amide bonds. The predicted octanol–water partition coefficient (Wildman–Crippen LogP) is 2.65. The van der Waals surface area contributed by atoms with Crippen LogP contribution in [0.4, 0.5) is 0 Å². The molecule has 0 spiro atoms. The molecule has 2 heterocycles. The van der Waals surface area contributed by atoms with E-state index in [1.54, 1.807) is 11.2 Å². The molecule has 0 unspecified atom stereocenters. The van der Waals surface area contributed by atoms with Gasteiger partial charge in [0.15, 0.2) is 10.9 Å². The normalized spacial score (nSPS) is 15.7. The number of hydrogen-bond acceptors (Lipinski definition) is 6. The van der Waals surface area contributed by atoms with Gasteiger partial charge in [-0.3, -0.25) is 4.79 Å². The molecule has 1 aromatic carbocycles. The van der Waals surface area contributed by atoms with Crippen molar-refractivity contribution in [2.75, 3.05) is 32.4 Å². The Hall–Kier alpha value is -1.39. The summed E-state index contributed by atoms with van der Waals surface area (Å²) in [5.41, 5.74) is 0.130. The highest BCUT2D eigenvalue weighted by Crippen LogP contribution is 2.22. The summed E-state index contributed by atoms with van der Waals surface area (Å²) in [4.78, 5) is 22.6. The minimum absolute atomic E-state index is 0.130. The maximum Gasteiger partial charge on any atom is 0.274 e. The molecule has 11 heteroatoms. The SMILES string of the molecule is CSc1ncc(Cl)c(C(=O)N2CCN(S(=O)(=O)c3ccc(Cl)cc3)CC2)n1. The Balaban J connectivity index is 1.71. The zero-order chi connectivity index (χ0) is 19.6. The molecule has 0 N–H and O–H groups in total. The average molecular weight is 447 g/mol. The highest BCUT2D eigenvalue weighted by molar-refractivity contribution is 7.98. The van der Waals surface area contributed by atoms with Crippen molar-refractivity contribution in [3.63, 3.8) is 0 Å². The van der Waals surface area contributed by atoms with Gasteiger partial charge in [-0.1, -0.05) is 35.0 Å². The Morgan fingerprint density at radius 2 is 1.74 bits per heavy atom. The minimum Gasteiger partial charge on any atom is -0.335 e. The van der Waals surface area contributed by atoms with E-state index in [9.17, 15) is 13.2 Å². The lowest BCUT2D eigenvalue weighted by Gasteiger charge is -2.34. The van der Waals surface area contributed by atoms with Crippen LogP contribution in [-0.2, 0) is 10.0 Å². The first-order chi connectivity index (χ1) is 12.8. The van der Waals surface area contributed by atoms with Crippen molar-refractivity contribution in [1.29, 1.82) is 0 Å². The number of amides is 1. The molecule has 2 aromatic rings. The van der Waals surface area contributed by atoms with E-state index in [1.807, 2.05) is 0 Å². The van der Waals surface area contributed by atoms with E-state index in [1.165, 1.54) is 46.5 Å². The van der Waals surface area contributed by atoms with Crippen molar-refractivity contribution in [2.24, 2.45) is 0 Å². The van der Waals surface area contributed by atoms with Crippen LogP contribution in [0.15, 0.2) is 40.5 Å². The van der Waals surface area contributed by atoms with Gasteiger partial charge < -0.3 is 4.90 Å². The van der Waals surface area contributed by atoms with Gasteiger partial charge in [0.25, 0.3) is 5.91 Å². The van der Waals surface area contributed by atoms with E-state index in [2.05, 4.69) is 9.97 Å². The number of halogens is 2. The fourth-order valence-corrected chi connectivity index (χ4v) is 4.70. The highest BCUT2D eigenvalue weighted by Gasteiger charge is 2.31. The molecular formula is C16H16Cl2N4O3S2. The summed E-state index contributed by atoms with van der Waals surface area (Å²) in [6.45, 7) is 0.880. The molecular weight excluding hydrogens is 431 g/mol.